The highest BCUT2D eigenvalue weighted by Crippen LogP contribution is 2.23. The van der Waals surface area contributed by atoms with Crippen LogP contribution in [0.2, 0.25) is 0 Å². The Morgan fingerprint density at radius 2 is 1.00 bits per heavy atom. The van der Waals surface area contributed by atoms with E-state index in [4.69, 9.17) is 9.47 Å². The molecule has 1 aromatic heterocycles. The van der Waals surface area contributed by atoms with E-state index in [9.17, 15) is 39.9 Å². The molecule has 3 aromatic rings. The average Bonchev–Trinajstić information content (AvgIpc) is 2.83. The Kier molecular flexibility index (Phi) is 8.89. The molecule has 0 bridgehead atoms. The predicted octanol–water partition coefficient (Wildman–Crippen LogP) is -0.580. The van der Waals surface area contributed by atoms with Crippen molar-refractivity contribution in [2.45, 2.75) is 32.8 Å². The first-order valence-electron chi connectivity index (χ1n) is 11.0. The van der Waals surface area contributed by atoms with Gasteiger partial charge in [0.1, 0.15) is 23.0 Å². The van der Waals surface area contributed by atoms with E-state index in [1.807, 2.05) is 0 Å². The van der Waals surface area contributed by atoms with Gasteiger partial charge in [0.25, 0.3) is 0 Å². The molecule has 0 aliphatic heterocycles. The van der Waals surface area contributed by atoms with Crippen LogP contribution >= 0.6 is 0 Å². The molecule has 0 amide bonds. The summed E-state index contributed by atoms with van der Waals surface area (Å²) in [6.07, 6.45) is 0. The first kappa shape index (κ1) is 26.5. The van der Waals surface area contributed by atoms with Crippen LogP contribution in [0, 0.1) is 0 Å². The molecule has 0 aliphatic carbocycles. The number of ether oxygens (including phenoxy) is 2. The molecular formula is C23H27N3O10. The Hall–Kier alpha value is -4.07. The van der Waals surface area contributed by atoms with Gasteiger partial charge in [-0.05, 0) is 24.3 Å². The van der Waals surface area contributed by atoms with Crippen molar-refractivity contribution in [3.05, 3.63) is 79.0 Å². The molecule has 3 rings (SSSR count). The van der Waals surface area contributed by atoms with E-state index in [1.54, 1.807) is 0 Å². The van der Waals surface area contributed by atoms with E-state index in [1.165, 1.54) is 24.3 Å². The number of benzene rings is 2. The second kappa shape index (κ2) is 12.1. The summed E-state index contributed by atoms with van der Waals surface area (Å²) in [5, 5.41) is 47.6. The molecule has 0 spiro atoms. The largest absolute Gasteiger partial charge is 0.508 e. The number of aromatic hydroxyl groups is 4. The molecule has 194 valence electrons. The number of aromatic nitrogens is 3. The molecule has 5 N–H and O–H groups in total. The highest BCUT2D eigenvalue weighted by molar-refractivity contribution is 5.39. The van der Waals surface area contributed by atoms with Crippen LogP contribution in [-0.2, 0) is 42.3 Å². The maximum atomic E-state index is 12.9. The summed E-state index contributed by atoms with van der Waals surface area (Å²) in [6.45, 7) is -1.54. The van der Waals surface area contributed by atoms with Gasteiger partial charge in [-0.1, -0.05) is 0 Å². The fourth-order valence-electron chi connectivity index (χ4n) is 3.38. The fraction of sp³-hybridized carbons (Fsp3) is 0.348. The minimum Gasteiger partial charge on any atom is -0.508 e. The van der Waals surface area contributed by atoms with E-state index in [0.29, 0.717) is 11.1 Å². The Balaban J connectivity index is 1.70. The van der Waals surface area contributed by atoms with Crippen molar-refractivity contribution in [3.63, 3.8) is 0 Å². The van der Waals surface area contributed by atoms with Crippen molar-refractivity contribution < 1.29 is 35.0 Å². The molecule has 13 nitrogen and oxygen atoms in total. The molecule has 0 saturated carbocycles. The second-order valence-electron chi connectivity index (χ2n) is 7.76. The molecule has 0 fully saturated rings. The zero-order valence-corrected chi connectivity index (χ0v) is 19.2. The van der Waals surface area contributed by atoms with Gasteiger partial charge in [-0.15, -0.1) is 0 Å². The van der Waals surface area contributed by atoms with Crippen LogP contribution in [0.1, 0.15) is 11.1 Å². The number of phenolic OH excluding ortho intramolecular Hbond substituents is 4. The molecule has 2 aromatic carbocycles. The van der Waals surface area contributed by atoms with E-state index >= 15 is 0 Å². The highest BCUT2D eigenvalue weighted by atomic mass is 16.5. The minimum absolute atomic E-state index is 0.0523. The lowest BCUT2D eigenvalue weighted by atomic mass is 10.2. The number of phenols is 4. The molecule has 0 atom stereocenters. The van der Waals surface area contributed by atoms with E-state index in [2.05, 4.69) is 0 Å². The molecule has 0 radical (unpaired) electrons. The van der Waals surface area contributed by atoms with E-state index < -0.39 is 23.7 Å². The molecule has 0 unspecified atom stereocenters. The third-order valence-corrected chi connectivity index (χ3v) is 5.28. The summed E-state index contributed by atoms with van der Waals surface area (Å²) in [4.78, 5) is 38.3. The predicted molar refractivity (Wildman–Crippen MR) is 125 cm³/mol. The summed E-state index contributed by atoms with van der Waals surface area (Å²) in [5.41, 5.74) is -1.91. The van der Waals surface area contributed by atoms with Crippen LogP contribution in [0.15, 0.2) is 50.8 Å². The van der Waals surface area contributed by atoms with Gasteiger partial charge in [0.05, 0.1) is 52.7 Å². The normalized spacial score (nSPS) is 11.1. The third kappa shape index (κ3) is 6.33. The molecule has 13 heteroatoms. The summed E-state index contributed by atoms with van der Waals surface area (Å²) in [6, 6.07) is 7.97. The van der Waals surface area contributed by atoms with Gasteiger partial charge in [-0.2, -0.15) is 0 Å². The Morgan fingerprint density at radius 3 is 1.36 bits per heavy atom. The molecular weight excluding hydrogens is 478 g/mol. The van der Waals surface area contributed by atoms with Gasteiger partial charge in [0, 0.05) is 23.3 Å². The monoisotopic (exact) mass is 505 g/mol. The van der Waals surface area contributed by atoms with Gasteiger partial charge in [0.2, 0.25) is 0 Å². The quantitative estimate of drug-likeness (QED) is 0.199. The van der Waals surface area contributed by atoms with Gasteiger partial charge in [-0.3, -0.25) is 0 Å². The molecule has 0 aliphatic rings. The van der Waals surface area contributed by atoms with Gasteiger partial charge in [0.15, 0.2) is 0 Å². The third-order valence-electron chi connectivity index (χ3n) is 5.28. The molecule has 0 saturated heterocycles. The van der Waals surface area contributed by atoms with Crippen LogP contribution in [-0.4, -0.2) is 59.1 Å². The van der Waals surface area contributed by atoms with Crippen LogP contribution in [0.3, 0.4) is 0 Å². The number of aliphatic hydroxyl groups is 1. The highest BCUT2D eigenvalue weighted by Gasteiger charge is 2.15. The van der Waals surface area contributed by atoms with Crippen molar-refractivity contribution >= 4 is 0 Å². The lowest BCUT2D eigenvalue weighted by molar-refractivity contribution is 0.103. The first-order chi connectivity index (χ1) is 17.2. The maximum Gasteiger partial charge on any atom is 0.336 e. The van der Waals surface area contributed by atoms with Gasteiger partial charge >= 0.3 is 17.1 Å². The second-order valence-corrected chi connectivity index (χ2v) is 7.76. The number of hydrogen-bond donors (Lipinski definition) is 5. The van der Waals surface area contributed by atoms with E-state index in [-0.39, 0.29) is 69.1 Å². The number of hydrogen-bond acceptors (Lipinski definition) is 10. The number of rotatable bonds is 12. The smallest absolute Gasteiger partial charge is 0.336 e. The molecule has 1 heterocycles. The van der Waals surface area contributed by atoms with Crippen molar-refractivity contribution in [2.75, 3.05) is 19.8 Å². The fourth-order valence-corrected chi connectivity index (χ4v) is 3.38. The summed E-state index contributed by atoms with van der Waals surface area (Å²) in [5.74, 6) is -0.574. The number of aliphatic hydroxyl groups excluding tert-OH is 1. The summed E-state index contributed by atoms with van der Waals surface area (Å²) in [7, 11) is 0. The standard InChI is InChI=1S/C23H27N3O10/c27-8-5-24-21(32)25(6-9-35-13-15-1-3-17(28)11-19(15)30)23(34)26(22(24)33)7-10-36-14-16-2-4-18(29)12-20(16)31/h1-4,11-12,27-31H,5-10,13-14H2. The number of nitrogens with zero attached hydrogens (tertiary/aromatic N) is 3. The Morgan fingerprint density at radius 1 is 0.611 bits per heavy atom. The first-order valence-corrected chi connectivity index (χ1v) is 11.0. The SMILES string of the molecule is O=c1n(CCO)c(=O)n(CCOCc2ccc(O)cc2O)c(=O)n1CCOCc1ccc(O)cc1O. The summed E-state index contributed by atoms with van der Waals surface area (Å²) >= 11 is 0. The summed E-state index contributed by atoms with van der Waals surface area (Å²) < 4.78 is 13.2. The van der Waals surface area contributed by atoms with Crippen molar-refractivity contribution in [1.82, 2.24) is 13.7 Å². The van der Waals surface area contributed by atoms with Crippen molar-refractivity contribution in [2.24, 2.45) is 0 Å². The topological polar surface area (TPSA) is 186 Å². The zero-order chi connectivity index (χ0) is 26.2. The van der Waals surface area contributed by atoms with Crippen LogP contribution in [0.25, 0.3) is 0 Å². The lowest BCUT2D eigenvalue weighted by Gasteiger charge is -2.14. The van der Waals surface area contributed by atoms with E-state index in [0.717, 1.165) is 25.8 Å². The van der Waals surface area contributed by atoms with Crippen LogP contribution < -0.4 is 17.1 Å². The minimum atomic E-state index is -0.902. The van der Waals surface area contributed by atoms with Gasteiger partial charge in [-0.25, -0.2) is 28.1 Å². The average molecular weight is 505 g/mol. The Labute approximate surface area is 203 Å². The lowest BCUT2D eigenvalue weighted by Crippen LogP contribution is -2.55. The van der Waals surface area contributed by atoms with Crippen molar-refractivity contribution in [1.29, 1.82) is 0 Å². The maximum absolute atomic E-state index is 12.9. The molecule has 36 heavy (non-hydrogen) atoms. The zero-order valence-electron chi connectivity index (χ0n) is 19.2. The van der Waals surface area contributed by atoms with Crippen LogP contribution in [0.5, 0.6) is 23.0 Å². The Bertz CT molecular complexity index is 1280. The van der Waals surface area contributed by atoms with Crippen LogP contribution in [0.4, 0.5) is 0 Å². The van der Waals surface area contributed by atoms with Gasteiger partial charge < -0.3 is 35.0 Å². The van der Waals surface area contributed by atoms with Crippen molar-refractivity contribution in [3.8, 4) is 23.0 Å².